The average Bonchev–Trinajstić information content (AvgIpc) is 2.69. The monoisotopic (exact) mass is 520 g/mol. The van der Waals surface area contributed by atoms with Gasteiger partial charge in [0.15, 0.2) is 5.96 Å². The molecule has 1 aromatic rings. The first kappa shape index (κ1) is 25.0. The van der Waals surface area contributed by atoms with Crippen molar-refractivity contribution in [1.29, 1.82) is 0 Å². The number of thioether (sulfide) groups is 1. The summed E-state index contributed by atoms with van der Waals surface area (Å²) in [5.74, 6) is 1.92. The highest BCUT2D eigenvalue weighted by molar-refractivity contribution is 14.0. The van der Waals surface area contributed by atoms with E-state index in [1.54, 1.807) is 26.0 Å². The quantitative estimate of drug-likeness (QED) is 0.329. The van der Waals surface area contributed by atoms with Crippen molar-refractivity contribution in [2.24, 2.45) is 4.99 Å². The van der Waals surface area contributed by atoms with Gasteiger partial charge >= 0.3 is 0 Å². The molecule has 0 radical (unpaired) electrons. The van der Waals surface area contributed by atoms with E-state index in [0.717, 1.165) is 49.9 Å². The molecule has 1 aliphatic heterocycles. The Morgan fingerprint density at radius 1 is 1.21 bits per heavy atom. The number of aliphatic imine (C=N–C) groups is 1. The number of amides is 1. The molecular formula is C20H33IN4O2S. The number of ether oxygens (including phenoxy) is 1. The molecule has 0 aromatic heterocycles. The number of guanidine groups is 1. The molecule has 1 fully saturated rings. The van der Waals surface area contributed by atoms with Gasteiger partial charge in [-0.2, -0.15) is 11.8 Å². The van der Waals surface area contributed by atoms with E-state index in [2.05, 4.69) is 22.5 Å². The fourth-order valence-corrected chi connectivity index (χ4v) is 4.34. The smallest absolute Gasteiger partial charge is 0.253 e. The number of hydrogen-bond acceptors (Lipinski definition) is 4. The van der Waals surface area contributed by atoms with E-state index >= 15 is 0 Å². The second-order valence-corrected chi connectivity index (χ2v) is 8.64. The first-order chi connectivity index (χ1) is 13.0. The van der Waals surface area contributed by atoms with E-state index in [-0.39, 0.29) is 34.6 Å². The van der Waals surface area contributed by atoms with E-state index in [9.17, 15) is 4.79 Å². The Morgan fingerprint density at radius 3 is 2.39 bits per heavy atom. The summed E-state index contributed by atoms with van der Waals surface area (Å²) >= 11 is 2.01. The van der Waals surface area contributed by atoms with Crippen molar-refractivity contribution in [3.8, 4) is 0 Å². The van der Waals surface area contributed by atoms with Gasteiger partial charge in [-0.3, -0.25) is 9.79 Å². The number of carbonyl (C=O) groups excluding carboxylic acids is 1. The van der Waals surface area contributed by atoms with Crippen LogP contribution in [0.2, 0.25) is 0 Å². The minimum absolute atomic E-state index is 0. The number of rotatable bonds is 7. The molecular weight excluding hydrogens is 487 g/mol. The van der Waals surface area contributed by atoms with Crippen LogP contribution in [0, 0.1) is 0 Å². The molecule has 1 amide bonds. The molecule has 0 spiro atoms. The molecule has 0 bridgehead atoms. The Kier molecular flexibility index (Phi) is 11.2. The Bertz CT molecular complexity index is 626. The topological polar surface area (TPSA) is 66.0 Å². The predicted octanol–water partition coefficient (Wildman–Crippen LogP) is 2.97. The Hall–Kier alpha value is -1.00. The molecule has 0 atom stereocenters. The second kappa shape index (κ2) is 12.5. The van der Waals surface area contributed by atoms with Crippen molar-refractivity contribution >= 4 is 47.6 Å². The van der Waals surface area contributed by atoms with Crippen molar-refractivity contribution in [2.75, 3.05) is 46.7 Å². The van der Waals surface area contributed by atoms with E-state index in [0.29, 0.717) is 12.1 Å². The van der Waals surface area contributed by atoms with E-state index in [1.807, 2.05) is 36.0 Å². The third-order valence-electron chi connectivity index (χ3n) is 4.72. The maximum absolute atomic E-state index is 12.0. The minimum Gasteiger partial charge on any atom is -0.381 e. The third kappa shape index (κ3) is 7.44. The zero-order valence-corrected chi connectivity index (χ0v) is 20.4. The molecule has 2 rings (SSSR count). The summed E-state index contributed by atoms with van der Waals surface area (Å²) in [6.45, 7) is 5.41. The third-order valence-corrected chi connectivity index (χ3v) is 6.18. The van der Waals surface area contributed by atoms with Crippen LogP contribution >= 0.6 is 35.7 Å². The Balaban J connectivity index is 0.00000392. The zero-order chi connectivity index (χ0) is 19.7. The van der Waals surface area contributed by atoms with Gasteiger partial charge in [0.05, 0.1) is 0 Å². The van der Waals surface area contributed by atoms with E-state index in [1.165, 1.54) is 0 Å². The van der Waals surface area contributed by atoms with Crippen LogP contribution in [0.15, 0.2) is 29.3 Å². The lowest BCUT2D eigenvalue weighted by molar-refractivity contribution is 0.0782. The van der Waals surface area contributed by atoms with Crippen LogP contribution in [-0.4, -0.2) is 68.2 Å². The summed E-state index contributed by atoms with van der Waals surface area (Å²) in [5.41, 5.74) is 1.81. The molecule has 0 aliphatic carbocycles. The lowest BCUT2D eigenvalue weighted by Gasteiger charge is -2.37. The lowest BCUT2D eigenvalue weighted by Crippen LogP contribution is -2.48. The molecule has 1 heterocycles. The standard InChI is InChI=1S/C20H32N4O2S.HI/c1-5-27-20(10-12-26-13-11-20)15-23-19(21-2)22-14-16-6-8-17(9-7-16)18(25)24(3)4;/h6-9H,5,10-15H2,1-4H3,(H2,21,22,23);1H. The largest absolute Gasteiger partial charge is 0.381 e. The van der Waals surface area contributed by atoms with Crippen molar-refractivity contribution in [3.63, 3.8) is 0 Å². The fraction of sp³-hybridized carbons (Fsp3) is 0.600. The number of halogens is 1. The van der Waals surface area contributed by atoms with Gasteiger partial charge in [0.1, 0.15) is 0 Å². The molecule has 0 saturated carbocycles. The highest BCUT2D eigenvalue weighted by Crippen LogP contribution is 2.34. The van der Waals surface area contributed by atoms with Crippen LogP contribution in [0.5, 0.6) is 0 Å². The van der Waals surface area contributed by atoms with Crippen LogP contribution in [0.4, 0.5) is 0 Å². The SMILES string of the molecule is CCSC1(CNC(=NC)NCc2ccc(C(=O)N(C)C)cc2)CCOCC1.I. The number of carbonyl (C=O) groups is 1. The van der Waals surface area contributed by atoms with Gasteiger partial charge in [0.25, 0.3) is 5.91 Å². The Morgan fingerprint density at radius 2 is 1.86 bits per heavy atom. The summed E-state index contributed by atoms with van der Waals surface area (Å²) < 4.78 is 5.76. The summed E-state index contributed by atoms with van der Waals surface area (Å²) in [5, 5.41) is 6.84. The molecule has 1 saturated heterocycles. The summed E-state index contributed by atoms with van der Waals surface area (Å²) in [4.78, 5) is 17.9. The first-order valence-electron chi connectivity index (χ1n) is 9.46. The molecule has 1 aromatic carbocycles. The van der Waals surface area contributed by atoms with Gasteiger partial charge in [0.2, 0.25) is 0 Å². The van der Waals surface area contributed by atoms with Crippen molar-refractivity contribution in [3.05, 3.63) is 35.4 Å². The number of hydrogen-bond donors (Lipinski definition) is 2. The first-order valence-corrected chi connectivity index (χ1v) is 10.4. The van der Waals surface area contributed by atoms with Crippen LogP contribution in [0.1, 0.15) is 35.7 Å². The number of nitrogens with zero attached hydrogens (tertiary/aromatic N) is 2. The van der Waals surface area contributed by atoms with Crippen molar-refractivity contribution < 1.29 is 9.53 Å². The fourth-order valence-electron chi connectivity index (χ4n) is 3.10. The maximum Gasteiger partial charge on any atom is 0.253 e. The van der Waals surface area contributed by atoms with Gasteiger partial charge in [-0.1, -0.05) is 19.1 Å². The minimum atomic E-state index is 0. The lowest BCUT2D eigenvalue weighted by atomic mass is 9.99. The van der Waals surface area contributed by atoms with Crippen LogP contribution in [0.25, 0.3) is 0 Å². The molecule has 1 aliphatic rings. The normalized spacial score (nSPS) is 16.1. The second-order valence-electron chi connectivity index (χ2n) is 6.90. The van der Waals surface area contributed by atoms with Crippen molar-refractivity contribution in [1.82, 2.24) is 15.5 Å². The van der Waals surface area contributed by atoms with Gasteiger partial charge in [-0.15, -0.1) is 24.0 Å². The highest BCUT2D eigenvalue weighted by atomic mass is 127. The molecule has 0 unspecified atom stereocenters. The molecule has 2 N–H and O–H groups in total. The zero-order valence-electron chi connectivity index (χ0n) is 17.3. The predicted molar refractivity (Wildman–Crippen MR) is 129 cm³/mol. The summed E-state index contributed by atoms with van der Waals surface area (Å²) in [6.07, 6.45) is 2.13. The number of nitrogens with one attached hydrogen (secondary N) is 2. The molecule has 158 valence electrons. The van der Waals surface area contributed by atoms with E-state index in [4.69, 9.17) is 4.74 Å². The average molecular weight is 520 g/mol. The molecule has 6 nitrogen and oxygen atoms in total. The van der Waals surface area contributed by atoms with Crippen LogP contribution < -0.4 is 10.6 Å². The van der Waals surface area contributed by atoms with Gasteiger partial charge in [0, 0.05) is 57.8 Å². The van der Waals surface area contributed by atoms with Gasteiger partial charge in [-0.05, 0) is 36.3 Å². The highest BCUT2D eigenvalue weighted by Gasteiger charge is 2.32. The maximum atomic E-state index is 12.0. The van der Waals surface area contributed by atoms with Crippen LogP contribution in [0.3, 0.4) is 0 Å². The van der Waals surface area contributed by atoms with Gasteiger partial charge < -0.3 is 20.3 Å². The van der Waals surface area contributed by atoms with Crippen LogP contribution in [-0.2, 0) is 11.3 Å². The molecule has 8 heteroatoms. The summed E-state index contributed by atoms with van der Waals surface area (Å²) in [6, 6.07) is 7.68. The summed E-state index contributed by atoms with van der Waals surface area (Å²) in [7, 11) is 5.31. The van der Waals surface area contributed by atoms with Gasteiger partial charge in [-0.25, -0.2) is 0 Å². The van der Waals surface area contributed by atoms with E-state index < -0.39 is 0 Å². The van der Waals surface area contributed by atoms with Crippen molar-refractivity contribution in [2.45, 2.75) is 31.1 Å². The molecule has 28 heavy (non-hydrogen) atoms. The number of benzene rings is 1. The Labute approximate surface area is 190 Å².